The van der Waals surface area contributed by atoms with Gasteiger partial charge >= 0.3 is 0 Å². The van der Waals surface area contributed by atoms with Crippen molar-refractivity contribution >= 4 is 34.5 Å². The zero-order chi connectivity index (χ0) is 13.2. The SMILES string of the molecule is S=C1CNC(c2ccccc2)c2cc(Cl)ccc2N1. The Labute approximate surface area is 122 Å². The summed E-state index contributed by atoms with van der Waals surface area (Å²) < 4.78 is 0. The van der Waals surface area contributed by atoms with Gasteiger partial charge in [0.2, 0.25) is 0 Å². The number of fused-ring (bicyclic) bond motifs is 1. The quantitative estimate of drug-likeness (QED) is 0.781. The third kappa shape index (κ3) is 2.63. The van der Waals surface area contributed by atoms with Crippen LogP contribution < -0.4 is 10.6 Å². The summed E-state index contributed by atoms with van der Waals surface area (Å²) in [5.41, 5.74) is 3.35. The number of rotatable bonds is 1. The summed E-state index contributed by atoms with van der Waals surface area (Å²) in [7, 11) is 0. The van der Waals surface area contributed by atoms with Crippen molar-refractivity contribution in [1.29, 1.82) is 0 Å². The van der Waals surface area contributed by atoms with Gasteiger partial charge in [0, 0.05) is 17.3 Å². The molecule has 2 aromatic carbocycles. The molecule has 4 heteroatoms. The molecule has 0 saturated carbocycles. The first kappa shape index (κ1) is 12.6. The largest absolute Gasteiger partial charge is 0.349 e. The molecule has 0 bridgehead atoms. The molecular weight excluding hydrogens is 276 g/mol. The summed E-state index contributed by atoms with van der Waals surface area (Å²) in [4.78, 5) is 0.794. The minimum absolute atomic E-state index is 0.0999. The maximum absolute atomic E-state index is 6.13. The van der Waals surface area contributed by atoms with Crippen molar-refractivity contribution in [2.24, 2.45) is 0 Å². The summed E-state index contributed by atoms with van der Waals surface area (Å²) in [6.07, 6.45) is 0. The van der Waals surface area contributed by atoms with Crippen LogP contribution in [-0.4, -0.2) is 11.5 Å². The fraction of sp³-hybridized carbons (Fsp3) is 0.133. The molecule has 2 aromatic rings. The number of benzene rings is 2. The van der Waals surface area contributed by atoms with Gasteiger partial charge in [0.05, 0.1) is 11.0 Å². The van der Waals surface area contributed by atoms with Crippen LogP contribution in [0, 0.1) is 0 Å². The highest BCUT2D eigenvalue weighted by Gasteiger charge is 2.21. The van der Waals surface area contributed by atoms with Crippen molar-refractivity contribution in [3.8, 4) is 0 Å². The highest BCUT2D eigenvalue weighted by Crippen LogP contribution is 2.32. The van der Waals surface area contributed by atoms with Crippen molar-refractivity contribution in [3.63, 3.8) is 0 Å². The van der Waals surface area contributed by atoms with Crippen LogP contribution in [0.5, 0.6) is 0 Å². The molecule has 0 fully saturated rings. The van der Waals surface area contributed by atoms with Crippen LogP contribution in [0.3, 0.4) is 0 Å². The van der Waals surface area contributed by atoms with E-state index in [1.165, 1.54) is 5.56 Å². The second-order valence-electron chi connectivity index (χ2n) is 4.50. The second kappa shape index (κ2) is 5.29. The molecule has 1 unspecified atom stereocenters. The molecule has 1 atom stereocenters. The van der Waals surface area contributed by atoms with Gasteiger partial charge in [0.15, 0.2) is 0 Å². The van der Waals surface area contributed by atoms with E-state index in [0.717, 1.165) is 21.3 Å². The molecular formula is C15H13ClN2S. The zero-order valence-electron chi connectivity index (χ0n) is 10.2. The van der Waals surface area contributed by atoms with Crippen LogP contribution in [0.15, 0.2) is 48.5 Å². The fourth-order valence-corrected chi connectivity index (χ4v) is 2.70. The number of hydrogen-bond acceptors (Lipinski definition) is 2. The second-order valence-corrected chi connectivity index (χ2v) is 5.43. The lowest BCUT2D eigenvalue weighted by atomic mass is 9.97. The molecule has 2 nitrogen and oxygen atoms in total. The first-order chi connectivity index (χ1) is 9.24. The van der Waals surface area contributed by atoms with E-state index in [0.29, 0.717) is 6.54 Å². The summed E-state index contributed by atoms with van der Waals surface area (Å²) in [5, 5.41) is 7.46. The van der Waals surface area contributed by atoms with Crippen molar-refractivity contribution in [3.05, 3.63) is 64.7 Å². The molecule has 1 aliphatic heterocycles. The molecule has 2 N–H and O–H groups in total. The fourth-order valence-electron chi connectivity index (χ4n) is 2.33. The van der Waals surface area contributed by atoms with Crippen molar-refractivity contribution in [2.75, 3.05) is 11.9 Å². The standard InChI is InChI=1S/C15H13ClN2S/c16-11-6-7-13-12(8-11)15(17-9-14(19)18-13)10-4-2-1-3-5-10/h1-8,15,17H,9H2,(H,18,19). The van der Waals surface area contributed by atoms with Gasteiger partial charge in [0.25, 0.3) is 0 Å². The van der Waals surface area contributed by atoms with Gasteiger partial charge in [-0.3, -0.25) is 5.32 Å². The highest BCUT2D eigenvalue weighted by molar-refractivity contribution is 7.80. The highest BCUT2D eigenvalue weighted by atomic mass is 35.5. The Morgan fingerprint density at radius 3 is 2.68 bits per heavy atom. The molecule has 0 aromatic heterocycles. The van der Waals surface area contributed by atoms with Gasteiger partial charge in [-0.25, -0.2) is 0 Å². The lowest BCUT2D eigenvalue weighted by molar-refractivity contribution is 0.673. The normalized spacial score (nSPS) is 18.4. The smallest absolute Gasteiger partial charge is 0.0937 e. The molecule has 1 heterocycles. The predicted octanol–water partition coefficient (Wildman–Crippen LogP) is 3.77. The minimum atomic E-state index is 0.0999. The average Bonchev–Trinajstić information content (AvgIpc) is 2.58. The van der Waals surface area contributed by atoms with E-state index in [9.17, 15) is 0 Å². The Hall–Kier alpha value is -1.42. The van der Waals surface area contributed by atoms with E-state index >= 15 is 0 Å². The van der Waals surface area contributed by atoms with E-state index in [1.54, 1.807) is 0 Å². The molecule has 0 saturated heterocycles. The summed E-state index contributed by atoms with van der Waals surface area (Å²) >= 11 is 11.4. The maximum atomic E-state index is 6.13. The summed E-state index contributed by atoms with van der Waals surface area (Å²) in [6, 6.07) is 16.3. The number of anilines is 1. The summed E-state index contributed by atoms with van der Waals surface area (Å²) in [6.45, 7) is 0.654. The Kier molecular flexibility index (Phi) is 3.51. The third-order valence-electron chi connectivity index (χ3n) is 3.20. The first-order valence-electron chi connectivity index (χ1n) is 6.11. The monoisotopic (exact) mass is 288 g/mol. The van der Waals surface area contributed by atoms with E-state index in [4.69, 9.17) is 23.8 Å². The predicted molar refractivity (Wildman–Crippen MR) is 84.0 cm³/mol. The topological polar surface area (TPSA) is 24.1 Å². The molecule has 96 valence electrons. The molecule has 0 aliphatic carbocycles. The Balaban J connectivity index is 2.11. The molecule has 3 rings (SSSR count). The van der Waals surface area contributed by atoms with Crippen LogP contribution in [0.1, 0.15) is 17.2 Å². The average molecular weight is 289 g/mol. The zero-order valence-corrected chi connectivity index (χ0v) is 11.8. The third-order valence-corrected chi connectivity index (χ3v) is 3.68. The van der Waals surface area contributed by atoms with E-state index in [1.807, 2.05) is 36.4 Å². The van der Waals surface area contributed by atoms with Gasteiger partial charge in [0.1, 0.15) is 0 Å². The van der Waals surface area contributed by atoms with Crippen molar-refractivity contribution < 1.29 is 0 Å². The van der Waals surface area contributed by atoms with E-state index < -0.39 is 0 Å². The molecule has 0 radical (unpaired) electrons. The van der Waals surface area contributed by atoms with Crippen LogP contribution >= 0.6 is 23.8 Å². The van der Waals surface area contributed by atoms with Crippen molar-refractivity contribution in [2.45, 2.75) is 6.04 Å². The van der Waals surface area contributed by atoms with Crippen LogP contribution in [0.4, 0.5) is 5.69 Å². The number of halogens is 1. The molecule has 0 spiro atoms. The molecule has 1 aliphatic rings. The van der Waals surface area contributed by atoms with Gasteiger partial charge < -0.3 is 5.32 Å². The van der Waals surface area contributed by atoms with Gasteiger partial charge in [-0.2, -0.15) is 0 Å². The van der Waals surface area contributed by atoms with Crippen LogP contribution in [-0.2, 0) is 0 Å². The van der Waals surface area contributed by atoms with Crippen LogP contribution in [0.2, 0.25) is 5.02 Å². The van der Waals surface area contributed by atoms with E-state index in [-0.39, 0.29) is 6.04 Å². The Bertz CT molecular complexity index is 613. The first-order valence-corrected chi connectivity index (χ1v) is 6.90. The number of nitrogens with one attached hydrogen (secondary N) is 2. The number of thiocarbonyl (C=S) groups is 1. The Morgan fingerprint density at radius 1 is 1.11 bits per heavy atom. The van der Waals surface area contributed by atoms with Gasteiger partial charge in [-0.1, -0.05) is 54.2 Å². The minimum Gasteiger partial charge on any atom is -0.349 e. The van der Waals surface area contributed by atoms with Crippen molar-refractivity contribution in [1.82, 2.24) is 5.32 Å². The molecule has 19 heavy (non-hydrogen) atoms. The van der Waals surface area contributed by atoms with Gasteiger partial charge in [-0.15, -0.1) is 0 Å². The lowest BCUT2D eigenvalue weighted by Gasteiger charge is -2.18. The molecule has 0 amide bonds. The maximum Gasteiger partial charge on any atom is 0.0937 e. The van der Waals surface area contributed by atoms with Crippen LogP contribution in [0.25, 0.3) is 0 Å². The van der Waals surface area contributed by atoms with E-state index in [2.05, 4.69) is 22.8 Å². The lowest BCUT2D eigenvalue weighted by Crippen LogP contribution is -2.26. The summed E-state index contributed by atoms with van der Waals surface area (Å²) in [5.74, 6) is 0. The Morgan fingerprint density at radius 2 is 1.89 bits per heavy atom. The van der Waals surface area contributed by atoms with Gasteiger partial charge in [-0.05, 0) is 29.3 Å². The number of hydrogen-bond donors (Lipinski definition) is 2.